The topological polar surface area (TPSA) is 73.8 Å². The first kappa shape index (κ1) is 19.3. The van der Waals surface area contributed by atoms with Crippen molar-refractivity contribution in [3.8, 4) is 0 Å². The SMILES string of the molecule is CC(c1c(Cl)ccc(C(N)=O)c1C12CC3CC(CC(C3)C1)C2)n1nnc2ccccc21. The molecule has 4 bridgehead atoms. The second-order valence-electron chi connectivity index (χ2n) is 10.1. The third-order valence-corrected chi connectivity index (χ3v) is 8.52. The number of para-hydroxylation sites is 1. The maximum Gasteiger partial charge on any atom is 0.249 e. The summed E-state index contributed by atoms with van der Waals surface area (Å²) in [6, 6.07) is 11.5. The minimum atomic E-state index is -0.362. The molecule has 160 valence electrons. The molecule has 4 saturated carbocycles. The molecule has 0 radical (unpaired) electrons. The third-order valence-electron chi connectivity index (χ3n) is 8.19. The van der Waals surface area contributed by atoms with Gasteiger partial charge in [-0.2, -0.15) is 0 Å². The molecule has 0 saturated heterocycles. The zero-order valence-corrected chi connectivity index (χ0v) is 18.5. The number of carbonyl (C=O) groups is 1. The fourth-order valence-corrected chi connectivity index (χ4v) is 7.81. The van der Waals surface area contributed by atoms with E-state index in [0.29, 0.717) is 10.6 Å². The van der Waals surface area contributed by atoms with Crippen LogP contribution in [0.5, 0.6) is 0 Å². The van der Waals surface area contributed by atoms with Crippen molar-refractivity contribution in [1.29, 1.82) is 0 Å². The van der Waals surface area contributed by atoms with Gasteiger partial charge in [-0.1, -0.05) is 28.9 Å². The number of carbonyl (C=O) groups excluding carboxylic acids is 1. The molecular weight excluding hydrogens is 408 g/mol. The number of nitrogens with zero attached hydrogens (tertiary/aromatic N) is 3. The highest BCUT2D eigenvalue weighted by atomic mass is 35.5. The van der Waals surface area contributed by atoms with Crippen LogP contribution in [0.2, 0.25) is 5.02 Å². The molecule has 31 heavy (non-hydrogen) atoms. The van der Waals surface area contributed by atoms with Crippen molar-refractivity contribution in [1.82, 2.24) is 15.0 Å². The van der Waals surface area contributed by atoms with Crippen LogP contribution in [0.25, 0.3) is 11.0 Å². The molecule has 4 aliphatic rings. The second-order valence-corrected chi connectivity index (χ2v) is 10.6. The van der Waals surface area contributed by atoms with Gasteiger partial charge in [0, 0.05) is 10.6 Å². The summed E-state index contributed by atoms with van der Waals surface area (Å²) in [5.41, 5.74) is 10.5. The van der Waals surface area contributed by atoms with Crippen LogP contribution in [-0.2, 0) is 5.41 Å². The Kier molecular flexibility index (Phi) is 4.23. The van der Waals surface area contributed by atoms with E-state index in [1.54, 1.807) is 0 Å². The van der Waals surface area contributed by atoms with Crippen LogP contribution in [0.1, 0.15) is 73.0 Å². The van der Waals surface area contributed by atoms with Gasteiger partial charge in [-0.15, -0.1) is 5.10 Å². The summed E-state index contributed by atoms with van der Waals surface area (Å²) in [7, 11) is 0. The largest absolute Gasteiger partial charge is 0.366 e. The minimum absolute atomic E-state index is 0.00993. The summed E-state index contributed by atoms with van der Waals surface area (Å²) in [6.07, 6.45) is 7.42. The third kappa shape index (κ3) is 2.85. The molecular formula is C25H27ClN4O. The van der Waals surface area contributed by atoms with Crippen molar-refractivity contribution in [2.45, 2.75) is 56.9 Å². The Morgan fingerprint density at radius 1 is 1.10 bits per heavy atom. The summed E-state index contributed by atoms with van der Waals surface area (Å²) in [6.45, 7) is 2.11. The van der Waals surface area contributed by atoms with Crippen LogP contribution in [0, 0.1) is 17.8 Å². The van der Waals surface area contributed by atoms with Crippen LogP contribution < -0.4 is 5.73 Å². The Bertz CT molecular complexity index is 1160. The van der Waals surface area contributed by atoms with Crippen molar-refractivity contribution in [2.24, 2.45) is 23.5 Å². The zero-order valence-electron chi connectivity index (χ0n) is 17.7. The van der Waals surface area contributed by atoms with Crippen molar-refractivity contribution in [3.05, 3.63) is 58.1 Å². The van der Waals surface area contributed by atoms with Crippen molar-refractivity contribution in [3.63, 3.8) is 0 Å². The lowest BCUT2D eigenvalue weighted by Crippen LogP contribution is -2.50. The van der Waals surface area contributed by atoms with Gasteiger partial charge in [0.15, 0.2) is 0 Å². The first-order valence-corrected chi connectivity index (χ1v) is 11.8. The number of amides is 1. The average molecular weight is 435 g/mol. The molecule has 1 aromatic heterocycles. The summed E-state index contributed by atoms with van der Waals surface area (Å²) >= 11 is 6.90. The maximum absolute atomic E-state index is 12.6. The number of rotatable bonds is 4. The normalized spacial score (nSPS) is 30.1. The van der Waals surface area contributed by atoms with Crippen LogP contribution >= 0.6 is 11.6 Å². The van der Waals surface area contributed by atoms with Crippen molar-refractivity contribution in [2.75, 3.05) is 0 Å². The lowest BCUT2D eigenvalue weighted by Gasteiger charge is -2.58. The number of hydrogen-bond acceptors (Lipinski definition) is 3. The van der Waals surface area contributed by atoms with Gasteiger partial charge in [0.05, 0.1) is 11.6 Å². The molecule has 2 aromatic carbocycles. The molecule has 0 aliphatic heterocycles. The Morgan fingerprint density at radius 2 is 1.74 bits per heavy atom. The van der Waals surface area contributed by atoms with E-state index in [1.807, 2.05) is 41.1 Å². The fourth-order valence-electron chi connectivity index (χ4n) is 7.49. The van der Waals surface area contributed by atoms with Crippen LogP contribution in [0.15, 0.2) is 36.4 Å². The predicted octanol–water partition coefficient (Wildman–Crippen LogP) is 5.26. The fraction of sp³-hybridized carbons (Fsp3) is 0.480. The average Bonchev–Trinajstić information content (AvgIpc) is 3.16. The molecule has 4 fully saturated rings. The standard InChI is InChI=1S/C25H27ClN4O/c1-14(30-21-5-3-2-4-20(21)28-29-30)22-19(26)7-6-18(24(27)31)23(22)25-11-15-8-16(12-25)10-17(9-15)13-25/h2-7,14-17H,8-13H2,1H3,(H2,27,31). The quantitative estimate of drug-likeness (QED) is 0.608. The summed E-state index contributed by atoms with van der Waals surface area (Å²) in [5.74, 6) is 1.89. The smallest absolute Gasteiger partial charge is 0.249 e. The highest BCUT2D eigenvalue weighted by molar-refractivity contribution is 6.31. The minimum Gasteiger partial charge on any atom is -0.366 e. The molecule has 1 heterocycles. The molecule has 7 rings (SSSR count). The van der Waals surface area contributed by atoms with Gasteiger partial charge in [0.2, 0.25) is 5.91 Å². The highest BCUT2D eigenvalue weighted by Gasteiger charge is 2.53. The van der Waals surface area contributed by atoms with E-state index < -0.39 is 0 Å². The Balaban J connectivity index is 1.58. The van der Waals surface area contributed by atoms with E-state index in [9.17, 15) is 4.79 Å². The van der Waals surface area contributed by atoms with Crippen LogP contribution in [0.3, 0.4) is 0 Å². The lowest BCUT2D eigenvalue weighted by atomic mass is 9.47. The first-order chi connectivity index (χ1) is 14.9. The van der Waals surface area contributed by atoms with Gasteiger partial charge in [-0.3, -0.25) is 4.79 Å². The van der Waals surface area contributed by atoms with E-state index in [4.69, 9.17) is 17.3 Å². The number of halogens is 1. The second kappa shape index (κ2) is 6.80. The lowest BCUT2D eigenvalue weighted by molar-refractivity contribution is -0.00610. The van der Waals surface area contributed by atoms with Gasteiger partial charge in [0.1, 0.15) is 5.52 Å². The number of aromatic nitrogens is 3. The Morgan fingerprint density at radius 3 is 2.39 bits per heavy atom. The number of benzene rings is 2. The van der Waals surface area contributed by atoms with E-state index in [0.717, 1.165) is 59.2 Å². The van der Waals surface area contributed by atoms with Crippen molar-refractivity contribution < 1.29 is 4.79 Å². The Labute approximate surface area is 186 Å². The van der Waals surface area contributed by atoms with E-state index in [-0.39, 0.29) is 17.4 Å². The van der Waals surface area contributed by atoms with Gasteiger partial charge in [-0.05, 0) is 104 Å². The monoisotopic (exact) mass is 434 g/mol. The van der Waals surface area contributed by atoms with Crippen LogP contribution in [0.4, 0.5) is 0 Å². The molecule has 0 spiro atoms. The number of primary amides is 1. The van der Waals surface area contributed by atoms with Gasteiger partial charge in [-0.25, -0.2) is 4.68 Å². The van der Waals surface area contributed by atoms with Crippen LogP contribution in [-0.4, -0.2) is 20.9 Å². The predicted molar refractivity (Wildman–Crippen MR) is 121 cm³/mol. The summed E-state index contributed by atoms with van der Waals surface area (Å²) in [4.78, 5) is 12.6. The molecule has 5 nitrogen and oxygen atoms in total. The molecule has 3 aromatic rings. The number of nitrogens with two attached hydrogens (primary N) is 1. The van der Waals surface area contributed by atoms with E-state index in [1.165, 1.54) is 19.3 Å². The molecule has 6 heteroatoms. The molecule has 1 unspecified atom stereocenters. The molecule has 1 amide bonds. The molecule has 4 aliphatic carbocycles. The van der Waals surface area contributed by atoms with Gasteiger partial charge >= 0.3 is 0 Å². The zero-order chi connectivity index (χ0) is 21.3. The first-order valence-electron chi connectivity index (χ1n) is 11.4. The maximum atomic E-state index is 12.6. The molecule has 2 N–H and O–H groups in total. The number of hydrogen-bond donors (Lipinski definition) is 1. The highest BCUT2D eigenvalue weighted by Crippen LogP contribution is 2.62. The van der Waals surface area contributed by atoms with Gasteiger partial charge in [0.25, 0.3) is 0 Å². The van der Waals surface area contributed by atoms with Crippen molar-refractivity contribution >= 4 is 28.5 Å². The van der Waals surface area contributed by atoms with E-state index >= 15 is 0 Å². The summed E-state index contributed by atoms with van der Waals surface area (Å²) < 4.78 is 1.94. The Hall–Kier alpha value is -2.40. The molecule has 1 atom stereocenters. The van der Waals surface area contributed by atoms with Gasteiger partial charge < -0.3 is 5.73 Å². The number of fused-ring (bicyclic) bond motifs is 1. The summed E-state index contributed by atoms with van der Waals surface area (Å²) in [5, 5.41) is 9.50. The van der Waals surface area contributed by atoms with E-state index in [2.05, 4.69) is 17.2 Å².